The Kier molecular flexibility index (Phi) is 6.65. The Morgan fingerprint density at radius 3 is 1.56 bits per heavy atom. The number of fused-ring (bicyclic) bond motifs is 2. The number of aromatic amines is 2. The van der Waals surface area contributed by atoms with E-state index in [0.717, 1.165) is 33.7 Å². The Labute approximate surface area is 162 Å². The van der Waals surface area contributed by atoms with Crippen LogP contribution >= 0.6 is 29.5 Å². The molecule has 2 heterocycles. The average molecular weight is 435 g/mol. The van der Waals surface area contributed by atoms with E-state index in [-0.39, 0.29) is 0 Å². The van der Waals surface area contributed by atoms with E-state index in [4.69, 9.17) is 29.5 Å². The summed E-state index contributed by atoms with van der Waals surface area (Å²) in [5.74, 6) is 1.87. The first-order valence-electron chi connectivity index (χ1n) is 7.47. The van der Waals surface area contributed by atoms with E-state index in [2.05, 4.69) is 25.3 Å². The van der Waals surface area contributed by atoms with E-state index in [0.29, 0.717) is 13.1 Å². The largest absolute Gasteiger partial charge is 0.341 e. The van der Waals surface area contributed by atoms with E-state index in [1.807, 2.05) is 48.5 Å². The van der Waals surface area contributed by atoms with Gasteiger partial charge in [0.1, 0.15) is 11.6 Å². The number of benzene rings is 2. The fraction of sp³-hybridized carbons (Fsp3) is 0.125. The van der Waals surface area contributed by atoms with Gasteiger partial charge in [-0.2, -0.15) is 0 Å². The first-order valence-corrected chi connectivity index (χ1v) is 13.2. The number of nitrogens with one attached hydrogen (secondary N) is 3. The SMILES string of the molecule is [Cl][V]([Cl])[Cl].c1ccc2[nH]c(CNCc3nc4ccccc4[nH]3)nc2c1. The minimum Gasteiger partial charge on any atom is -0.341 e. The van der Waals surface area contributed by atoms with E-state index < -0.39 is 12.3 Å². The summed E-state index contributed by atoms with van der Waals surface area (Å²) in [5.41, 5.74) is 4.13. The van der Waals surface area contributed by atoms with Crippen LogP contribution < -0.4 is 5.32 Å². The maximum atomic E-state index is 4.95. The number of imidazole rings is 2. The minimum atomic E-state index is -1.77. The van der Waals surface area contributed by atoms with Crippen molar-refractivity contribution in [1.82, 2.24) is 25.3 Å². The van der Waals surface area contributed by atoms with Crippen molar-refractivity contribution in [1.29, 1.82) is 0 Å². The molecule has 25 heavy (non-hydrogen) atoms. The van der Waals surface area contributed by atoms with Crippen molar-refractivity contribution in [3.05, 3.63) is 60.2 Å². The molecule has 0 spiro atoms. The minimum absolute atomic E-state index is 0.686. The molecular formula is C16H15Cl3N5V. The summed E-state index contributed by atoms with van der Waals surface area (Å²) < 4.78 is 0. The third-order valence-corrected chi connectivity index (χ3v) is 3.46. The zero-order valence-corrected chi connectivity index (χ0v) is 16.7. The van der Waals surface area contributed by atoms with E-state index in [1.54, 1.807) is 0 Å². The normalized spacial score (nSPS) is 11.0. The summed E-state index contributed by atoms with van der Waals surface area (Å²) in [5, 5.41) is 3.35. The molecule has 0 atom stereocenters. The van der Waals surface area contributed by atoms with Gasteiger partial charge in [-0.25, -0.2) is 9.97 Å². The Balaban J connectivity index is 0.000000415. The number of nitrogens with zero attached hydrogens (tertiary/aromatic N) is 2. The van der Waals surface area contributed by atoms with Gasteiger partial charge in [-0.15, -0.1) is 0 Å². The topological polar surface area (TPSA) is 69.4 Å². The summed E-state index contributed by atoms with van der Waals surface area (Å²) in [4.78, 5) is 15.7. The van der Waals surface area contributed by atoms with Crippen LogP contribution in [0.15, 0.2) is 48.5 Å². The van der Waals surface area contributed by atoms with Crippen LogP contribution in [0.1, 0.15) is 11.6 Å². The third kappa shape index (κ3) is 5.38. The van der Waals surface area contributed by atoms with Gasteiger partial charge in [-0.05, 0) is 24.3 Å². The molecule has 2 aromatic carbocycles. The Bertz CT molecular complexity index is 810. The summed E-state index contributed by atoms with van der Waals surface area (Å²) >= 11 is -1.77. The van der Waals surface area contributed by atoms with E-state index in [9.17, 15) is 0 Å². The molecule has 4 rings (SSSR count). The molecule has 0 aliphatic rings. The quantitative estimate of drug-likeness (QED) is 0.432. The molecule has 0 aliphatic carbocycles. The smallest absolute Gasteiger partial charge is 0.121 e. The molecule has 0 unspecified atom stereocenters. The zero-order valence-electron chi connectivity index (χ0n) is 13.0. The third-order valence-electron chi connectivity index (χ3n) is 3.46. The average Bonchev–Trinajstić information content (AvgIpc) is 3.16. The van der Waals surface area contributed by atoms with Crippen LogP contribution in [0.4, 0.5) is 0 Å². The first kappa shape index (κ1) is 18.6. The fourth-order valence-electron chi connectivity index (χ4n) is 2.48. The van der Waals surface area contributed by atoms with Gasteiger partial charge in [0.25, 0.3) is 0 Å². The molecule has 2 aromatic heterocycles. The second kappa shape index (κ2) is 8.94. The summed E-state index contributed by atoms with van der Waals surface area (Å²) in [6, 6.07) is 16.1. The molecule has 9 heteroatoms. The van der Waals surface area contributed by atoms with Crippen LogP contribution in [0.2, 0.25) is 0 Å². The summed E-state index contributed by atoms with van der Waals surface area (Å²) in [6.07, 6.45) is 0. The number of para-hydroxylation sites is 4. The summed E-state index contributed by atoms with van der Waals surface area (Å²) in [7, 11) is 14.9. The van der Waals surface area contributed by atoms with Crippen molar-refractivity contribution < 1.29 is 12.3 Å². The number of halogens is 3. The molecule has 130 valence electrons. The van der Waals surface area contributed by atoms with Crippen LogP contribution in [0.3, 0.4) is 0 Å². The predicted octanol–water partition coefficient (Wildman–Crippen LogP) is 4.80. The molecule has 0 fully saturated rings. The molecule has 0 saturated carbocycles. The van der Waals surface area contributed by atoms with Crippen molar-refractivity contribution in [3.8, 4) is 0 Å². The monoisotopic (exact) mass is 433 g/mol. The van der Waals surface area contributed by atoms with E-state index >= 15 is 0 Å². The molecular weight excluding hydrogens is 420 g/mol. The van der Waals surface area contributed by atoms with Crippen LogP contribution in [0, 0.1) is 0 Å². The predicted molar refractivity (Wildman–Crippen MR) is 100 cm³/mol. The Morgan fingerprint density at radius 2 is 1.16 bits per heavy atom. The second-order valence-electron chi connectivity index (χ2n) is 5.20. The van der Waals surface area contributed by atoms with Gasteiger partial charge in [0.2, 0.25) is 0 Å². The van der Waals surface area contributed by atoms with Crippen molar-refractivity contribution >= 4 is 51.6 Å². The number of rotatable bonds is 4. The molecule has 0 radical (unpaired) electrons. The standard InChI is InChI=1S/C16H15N5.3ClH.V/c1-2-6-12-11(5-1)18-15(19-12)9-17-10-16-20-13-7-3-4-8-14(13)21-16;;;;/h1-8,17H,9-10H2,(H,18,19)(H,20,21);3*1H;/q;;;;+3/p-3. The summed E-state index contributed by atoms with van der Waals surface area (Å²) in [6.45, 7) is 1.37. The van der Waals surface area contributed by atoms with Gasteiger partial charge in [-0.1, -0.05) is 24.3 Å². The Morgan fingerprint density at radius 1 is 0.760 bits per heavy atom. The van der Waals surface area contributed by atoms with Crippen molar-refractivity contribution in [2.24, 2.45) is 0 Å². The van der Waals surface area contributed by atoms with Gasteiger partial charge in [0.05, 0.1) is 35.2 Å². The molecule has 0 amide bonds. The number of aromatic nitrogens is 4. The number of hydrogen-bond donors (Lipinski definition) is 3. The van der Waals surface area contributed by atoms with Crippen LogP contribution in [-0.4, -0.2) is 19.9 Å². The maximum absolute atomic E-state index is 4.95. The molecule has 0 saturated heterocycles. The van der Waals surface area contributed by atoms with E-state index in [1.165, 1.54) is 0 Å². The molecule has 0 aliphatic heterocycles. The first-order chi connectivity index (χ1) is 12.1. The number of hydrogen-bond acceptors (Lipinski definition) is 3. The van der Waals surface area contributed by atoms with Gasteiger partial charge in [-0.3, -0.25) is 0 Å². The zero-order chi connectivity index (χ0) is 17.6. The van der Waals surface area contributed by atoms with Gasteiger partial charge in [0, 0.05) is 0 Å². The molecule has 3 N–H and O–H groups in total. The molecule has 5 nitrogen and oxygen atoms in total. The van der Waals surface area contributed by atoms with Crippen LogP contribution in [0.5, 0.6) is 0 Å². The maximum Gasteiger partial charge on any atom is 0.121 e. The fourth-order valence-corrected chi connectivity index (χ4v) is 2.48. The van der Waals surface area contributed by atoms with Gasteiger partial charge < -0.3 is 15.3 Å². The van der Waals surface area contributed by atoms with Gasteiger partial charge in [0.15, 0.2) is 0 Å². The number of H-pyrrole nitrogens is 2. The van der Waals surface area contributed by atoms with Crippen LogP contribution in [-0.2, 0) is 25.4 Å². The van der Waals surface area contributed by atoms with Crippen LogP contribution in [0.25, 0.3) is 22.1 Å². The van der Waals surface area contributed by atoms with Crippen molar-refractivity contribution in [2.75, 3.05) is 0 Å². The Hall–Kier alpha value is -1.21. The molecule has 4 aromatic rings. The van der Waals surface area contributed by atoms with Crippen molar-refractivity contribution in [2.45, 2.75) is 13.1 Å². The molecule has 0 bridgehead atoms. The van der Waals surface area contributed by atoms with Gasteiger partial charge >= 0.3 is 41.8 Å². The second-order valence-corrected chi connectivity index (χ2v) is 12.1. The van der Waals surface area contributed by atoms with Crippen molar-refractivity contribution in [3.63, 3.8) is 0 Å².